The average Bonchev–Trinajstić information content (AvgIpc) is 2.31. The van der Waals surface area contributed by atoms with E-state index in [4.69, 9.17) is 5.73 Å². The Hall–Kier alpha value is -1.70. The summed E-state index contributed by atoms with van der Waals surface area (Å²) >= 11 is 0. The van der Waals surface area contributed by atoms with Gasteiger partial charge in [-0.1, -0.05) is 0 Å². The Morgan fingerprint density at radius 3 is 2.42 bits per heavy atom. The second-order valence-corrected chi connectivity index (χ2v) is 4.42. The van der Waals surface area contributed by atoms with Crippen molar-refractivity contribution in [1.29, 1.82) is 0 Å². The van der Waals surface area contributed by atoms with Crippen LogP contribution in [0.2, 0.25) is 0 Å². The predicted molar refractivity (Wildman–Crippen MR) is 65.0 cm³/mol. The molecule has 0 atom stereocenters. The number of hydrogen-bond acceptors (Lipinski definition) is 5. The van der Waals surface area contributed by atoms with Crippen molar-refractivity contribution in [3.05, 3.63) is 12.3 Å². The maximum Gasteiger partial charge on any atom is 0.573 e. The van der Waals surface area contributed by atoms with Crippen LogP contribution in [0, 0.1) is 0 Å². The zero-order chi connectivity index (χ0) is 14.0. The summed E-state index contributed by atoms with van der Waals surface area (Å²) in [6.45, 7) is 3.29. The first kappa shape index (κ1) is 13.7. The number of nitrogens with zero attached hydrogens (tertiary/aromatic N) is 3. The fourth-order valence-corrected chi connectivity index (χ4v) is 1.87. The Morgan fingerprint density at radius 2 is 1.89 bits per heavy atom. The lowest BCUT2D eigenvalue weighted by molar-refractivity contribution is -0.274. The van der Waals surface area contributed by atoms with E-state index in [0.29, 0.717) is 5.82 Å². The summed E-state index contributed by atoms with van der Waals surface area (Å²) < 4.78 is 40.1. The van der Waals surface area contributed by atoms with Crippen molar-refractivity contribution < 1.29 is 17.9 Å². The number of hydrogen-bond donors (Lipinski definition) is 1. The van der Waals surface area contributed by atoms with E-state index < -0.39 is 12.1 Å². The molecule has 19 heavy (non-hydrogen) atoms. The van der Waals surface area contributed by atoms with Crippen molar-refractivity contribution in [2.24, 2.45) is 0 Å². The molecule has 1 aromatic rings. The van der Waals surface area contributed by atoms with Crippen LogP contribution in [0.3, 0.4) is 0 Å². The quantitative estimate of drug-likeness (QED) is 0.882. The molecule has 1 saturated heterocycles. The minimum Gasteiger partial charge on any atom is -0.402 e. The van der Waals surface area contributed by atoms with E-state index in [0.717, 1.165) is 32.4 Å². The van der Waals surface area contributed by atoms with E-state index in [1.165, 1.54) is 6.07 Å². The third-order valence-corrected chi connectivity index (χ3v) is 2.94. The van der Waals surface area contributed by atoms with Gasteiger partial charge in [0.05, 0.1) is 11.9 Å². The third-order valence-electron chi connectivity index (χ3n) is 2.94. The molecule has 0 amide bonds. The van der Waals surface area contributed by atoms with E-state index >= 15 is 0 Å². The van der Waals surface area contributed by atoms with E-state index in [-0.39, 0.29) is 5.69 Å². The number of pyridine rings is 1. The molecule has 1 fully saturated rings. The van der Waals surface area contributed by atoms with Gasteiger partial charge in [0.25, 0.3) is 0 Å². The number of alkyl halides is 3. The summed E-state index contributed by atoms with van der Waals surface area (Å²) in [5, 5.41) is 0. The molecule has 0 spiro atoms. The highest BCUT2D eigenvalue weighted by atomic mass is 19.4. The minimum atomic E-state index is -4.76. The van der Waals surface area contributed by atoms with Crippen molar-refractivity contribution in [3.8, 4) is 5.75 Å². The number of nitrogen functional groups attached to an aromatic ring is 1. The number of aromatic nitrogens is 1. The minimum absolute atomic E-state index is 0.0683. The highest BCUT2D eigenvalue weighted by Gasteiger charge is 2.32. The number of anilines is 2. The molecule has 1 aliphatic rings. The molecule has 0 unspecified atom stereocenters. The first-order valence-electron chi connectivity index (χ1n) is 5.80. The molecule has 1 aliphatic heterocycles. The smallest absolute Gasteiger partial charge is 0.402 e. The monoisotopic (exact) mass is 276 g/mol. The molecule has 106 valence electrons. The molecule has 1 aromatic heterocycles. The Kier molecular flexibility index (Phi) is 3.70. The molecule has 0 bridgehead atoms. The largest absolute Gasteiger partial charge is 0.573 e. The van der Waals surface area contributed by atoms with Gasteiger partial charge in [0, 0.05) is 32.2 Å². The summed E-state index contributed by atoms with van der Waals surface area (Å²) in [6, 6.07) is 1.41. The molecule has 2 rings (SSSR count). The topological polar surface area (TPSA) is 54.6 Å². The van der Waals surface area contributed by atoms with E-state index in [1.807, 2.05) is 11.9 Å². The second-order valence-electron chi connectivity index (χ2n) is 4.42. The fourth-order valence-electron chi connectivity index (χ4n) is 1.87. The second kappa shape index (κ2) is 5.12. The number of halogens is 3. The van der Waals surface area contributed by atoms with Crippen LogP contribution in [0.25, 0.3) is 0 Å². The summed E-state index contributed by atoms with van der Waals surface area (Å²) in [5.74, 6) is 0.102. The van der Waals surface area contributed by atoms with Crippen molar-refractivity contribution in [3.63, 3.8) is 0 Å². The summed E-state index contributed by atoms with van der Waals surface area (Å²) in [5.41, 5.74) is 5.49. The molecule has 8 heteroatoms. The van der Waals surface area contributed by atoms with Crippen molar-refractivity contribution >= 4 is 11.5 Å². The number of likely N-dealkylation sites (N-methyl/N-ethyl adjacent to an activating group) is 1. The lowest BCUT2D eigenvalue weighted by Crippen LogP contribution is -2.44. The van der Waals surface area contributed by atoms with Gasteiger partial charge in [-0.15, -0.1) is 13.2 Å². The van der Waals surface area contributed by atoms with Gasteiger partial charge in [0.2, 0.25) is 0 Å². The van der Waals surface area contributed by atoms with Gasteiger partial charge in [0.15, 0.2) is 5.75 Å². The SMILES string of the molecule is CN1CCN(c2cc(N)c(OC(F)(F)F)cn2)CC1. The van der Waals surface area contributed by atoms with Crippen LogP contribution in [0.4, 0.5) is 24.7 Å². The molecule has 0 saturated carbocycles. The average molecular weight is 276 g/mol. The predicted octanol–water partition coefficient (Wildman–Crippen LogP) is 1.31. The molecule has 0 aromatic carbocycles. The van der Waals surface area contributed by atoms with Gasteiger partial charge in [-0.2, -0.15) is 0 Å². The highest BCUT2D eigenvalue weighted by molar-refractivity contribution is 5.59. The highest BCUT2D eigenvalue weighted by Crippen LogP contribution is 2.30. The first-order valence-corrected chi connectivity index (χ1v) is 5.80. The lowest BCUT2D eigenvalue weighted by atomic mass is 10.3. The van der Waals surface area contributed by atoms with E-state index in [2.05, 4.69) is 14.6 Å². The van der Waals surface area contributed by atoms with Gasteiger partial charge in [-0.05, 0) is 7.05 Å². The number of ether oxygens (including phenoxy) is 1. The Morgan fingerprint density at radius 1 is 1.26 bits per heavy atom. The molecular formula is C11H15F3N4O. The summed E-state index contributed by atoms with van der Waals surface area (Å²) in [4.78, 5) is 8.12. The van der Waals surface area contributed by atoms with Gasteiger partial charge >= 0.3 is 6.36 Å². The van der Waals surface area contributed by atoms with Crippen LogP contribution in [-0.2, 0) is 0 Å². The van der Waals surface area contributed by atoms with Gasteiger partial charge in [-0.25, -0.2) is 4.98 Å². The van der Waals surface area contributed by atoms with Crippen LogP contribution in [0.15, 0.2) is 12.3 Å². The van der Waals surface area contributed by atoms with Crippen LogP contribution in [0.1, 0.15) is 0 Å². The maximum absolute atomic E-state index is 12.1. The van der Waals surface area contributed by atoms with E-state index in [9.17, 15) is 13.2 Å². The Labute approximate surface area is 108 Å². The lowest BCUT2D eigenvalue weighted by Gasteiger charge is -2.33. The van der Waals surface area contributed by atoms with Crippen molar-refractivity contribution in [2.75, 3.05) is 43.9 Å². The zero-order valence-electron chi connectivity index (χ0n) is 10.4. The van der Waals surface area contributed by atoms with Crippen molar-refractivity contribution in [2.45, 2.75) is 6.36 Å². The van der Waals surface area contributed by atoms with Crippen LogP contribution in [0.5, 0.6) is 5.75 Å². The number of nitrogens with two attached hydrogens (primary N) is 1. The molecule has 2 N–H and O–H groups in total. The normalized spacial score (nSPS) is 17.6. The summed E-state index contributed by atoms with van der Waals surface area (Å²) in [7, 11) is 2.01. The van der Waals surface area contributed by atoms with Crippen LogP contribution >= 0.6 is 0 Å². The van der Waals surface area contributed by atoms with Gasteiger partial charge in [0.1, 0.15) is 5.82 Å². The van der Waals surface area contributed by atoms with E-state index in [1.54, 1.807) is 0 Å². The van der Waals surface area contributed by atoms with Gasteiger partial charge < -0.3 is 20.3 Å². The van der Waals surface area contributed by atoms with Crippen LogP contribution in [-0.4, -0.2) is 49.5 Å². The number of rotatable bonds is 2. The standard InChI is InChI=1S/C11H15F3N4O/c1-17-2-4-18(5-3-17)10-6-8(15)9(7-16-10)19-11(12,13)14/h6-7H,2-5H2,1H3,(H2,15,16). The molecule has 2 heterocycles. The third kappa shape index (κ3) is 3.63. The first-order chi connectivity index (χ1) is 8.85. The molecule has 5 nitrogen and oxygen atoms in total. The molecule has 0 radical (unpaired) electrons. The Bertz CT molecular complexity index is 444. The number of piperazine rings is 1. The van der Waals surface area contributed by atoms with Crippen molar-refractivity contribution in [1.82, 2.24) is 9.88 Å². The Balaban J connectivity index is 2.10. The van der Waals surface area contributed by atoms with Crippen LogP contribution < -0.4 is 15.4 Å². The molecule has 0 aliphatic carbocycles. The summed E-state index contributed by atoms with van der Waals surface area (Å²) in [6.07, 6.45) is -3.75. The molecular weight excluding hydrogens is 261 g/mol. The maximum atomic E-state index is 12.1. The zero-order valence-corrected chi connectivity index (χ0v) is 10.4. The van der Waals surface area contributed by atoms with Gasteiger partial charge in [-0.3, -0.25) is 0 Å². The fraction of sp³-hybridized carbons (Fsp3) is 0.545.